The quantitative estimate of drug-likeness (QED) is 0.638. The first-order chi connectivity index (χ1) is 13.7. The second kappa shape index (κ2) is 8.15. The van der Waals surface area contributed by atoms with Gasteiger partial charge in [-0.25, -0.2) is 13.2 Å². The molecule has 0 unspecified atom stereocenters. The van der Waals surface area contributed by atoms with Gasteiger partial charge in [-0.2, -0.15) is 0 Å². The van der Waals surface area contributed by atoms with Crippen LogP contribution in [-0.2, 0) is 9.84 Å². The van der Waals surface area contributed by atoms with Crippen LogP contribution in [0.4, 0.5) is 5.69 Å². The maximum Gasteiger partial charge on any atom is 0.337 e. The Hall–Kier alpha value is -3.65. The van der Waals surface area contributed by atoms with E-state index in [9.17, 15) is 23.1 Å². The summed E-state index contributed by atoms with van der Waals surface area (Å²) >= 11 is 0. The third-order valence-electron chi connectivity index (χ3n) is 4.01. The Morgan fingerprint density at radius 2 is 1.41 bits per heavy atom. The van der Waals surface area contributed by atoms with Crippen molar-refractivity contribution in [2.24, 2.45) is 0 Å². The van der Waals surface area contributed by atoms with Crippen molar-refractivity contribution in [2.75, 3.05) is 11.6 Å². The Morgan fingerprint density at radius 1 is 0.862 bits per heavy atom. The molecule has 3 rings (SSSR count). The number of sulfone groups is 1. The number of nitrogens with one attached hydrogen (secondary N) is 1. The zero-order valence-electron chi connectivity index (χ0n) is 15.3. The lowest BCUT2D eigenvalue weighted by molar-refractivity contribution is 0.0698. The molecule has 8 heteroatoms. The number of aromatic carboxylic acids is 1. The molecule has 0 heterocycles. The molecule has 0 spiro atoms. The van der Waals surface area contributed by atoms with Gasteiger partial charge in [-0.1, -0.05) is 12.1 Å². The van der Waals surface area contributed by atoms with Crippen molar-refractivity contribution in [3.8, 4) is 11.5 Å². The summed E-state index contributed by atoms with van der Waals surface area (Å²) in [5.74, 6) is -0.682. The van der Waals surface area contributed by atoms with E-state index >= 15 is 0 Å². The Bertz CT molecular complexity index is 1150. The largest absolute Gasteiger partial charge is 0.478 e. The number of amides is 1. The van der Waals surface area contributed by atoms with Crippen LogP contribution in [0, 0.1) is 0 Å². The van der Waals surface area contributed by atoms with Crippen LogP contribution in [0.15, 0.2) is 77.7 Å². The second-order valence-corrected chi connectivity index (χ2v) is 8.19. The molecule has 0 aliphatic heterocycles. The molecule has 0 saturated carbocycles. The van der Waals surface area contributed by atoms with Crippen LogP contribution in [0.25, 0.3) is 0 Å². The van der Waals surface area contributed by atoms with Crippen molar-refractivity contribution in [1.29, 1.82) is 0 Å². The number of carboxylic acids is 1. The molecule has 29 heavy (non-hydrogen) atoms. The summed E-state index contributed by atoms with van der Waals surface area (Å²) in [5, 5.41) is 11.8. The highest BCUT2D eigenvalue weighted by molar-refractivity contribution is 7.90. The normalized spacial score (nSPS) is 10.9. The number of hydrogen-bond acceptors (Lipinski definition) is 5. The number of hydrogen-bond donors (Lipinski definition) is 2. The molecule has 0 aliphatic carbocycles. The first kappa shape index (κ1) is 20.1. The minimum absolute atomic E-state index is 0.00153. The third kappa shape index (κ3) is 4.99. The predicted octanol–water partition coefficient (Wildman–Crippen LogP) is 3.83. The van der Waals surface area contributed by atoms with Gasteiger partial charge >= 0.3 is 5.97 Å². The monoisotopic (exact) mass is 411 g/mol. The van der Waals surface area contributed by atoms with E-state index in [1.165, 1.54) is 24.3 Å². The first-order valence-electron chi connectivity index (χ1n) is 8.46. The summed E-state index contributed by atoms with van der Waals surface area (Å²) in [6.07, 6.45) is 1.13. The van der Waals surface area contributed by atoms with Crippen LogP contribution in [0.1, 0.15) is 20.7 Å². The van der Waals surface area contributed by atoms with E-state index in [0.29, 0.717) is 17.1 Å². The van der Waals surface area contributed by atoms with Gasteiger partial charge < -0.3 is 15.2 Å². The average Bonchev–Trinajstić information content (AvgIpc) is 2.68. The van der Waals surface area contributed by atoms with E-state index in [-0.39, 0.29) is 16.1 Å². The van der Waals surface area contributed by atoms with Gasteiger partial charge in [-0.3, -0.25) is 4.79 Å². The molecule has 0 aromatic heterocycles. The first-order valence-corrected chi connectivity index (χ1v) is 10.3. The van der Waals surface area contributed by atoms with Crippen molar-refractivity contribution in [3.63, 3.8) is 0 Å². The van der Waals surface area contributed by atoms with E-state index in [1.54, 1.807) is 48.5 Å². The minimum atomic E-state index is -3.28. The molecule has 3 aromatic rings. The van der Waals surface area contributed by atoms with E-state index in [2.05, 4.69) is 5.32 Å². The van der Waals surface area contributed by atoms with Gasteiger partial charge in [0.05, 0.1) is 16.1 Å². The molecule has 0 bridgehead atoms. The molecule has 0 fully saturated rings. The standard InChI is InChI=1S/C21H17NO6S/c1-29(26,27)17-12-10-16(11-13-17)28-15-8-6-14(7-9-15)20(23)22-19-5-3-2-4-18(19)21(24)25/h2-13H,1H3,(H,22,23)(H,24,25). The van der Waals surface area contributed by atoms with Crippen LogP contribution >= 0.6 is 0 Å². The number of rotatable bonds is 6. The fraction of sp³-hybridized carbons (Fsp3) is 0.0476. The second-order valence-electron chi connectivity index (χ2n) is 6.17. The molecule has 7 nitrogen and oxygen atoms in total. The topological polar surface area (TPSA) is 110 Å². The van der Waals surface area contributed by atoms with Crippen LogP contribution in [0.3, 0.4) is 0 Å². The molecular weight excluding hydrogens is 394 g/mol. The summed E-state index contributed by atoms with van der Waals surface area (Å²) in [6, 6.07) is 18.4. The molecule has 2 N–H and O–H groups in total. The summed E-state index contributed by atoms with van der Waals surface area (Å²) in [5.41, 5.74) is 0.527. The Labute approximate surface area is 167 Å². The smallest absolute Gasteiger partial charge is 0.337 e. The summed E-state index contributed by atoms with van der Waals surface area (Å²) in [4.78, 5) is 23.8. The number of carbonyl (C=O) groups is 2. The lowest BCUT2D eigenvalue weighted by Crippen LogP contribution is -2.14. The summed E-state index contributed by atoms with van der Waals surface area (Å²) < 4.78 is 28.6. The van der Waals surface area contributed by atoms with Gasteiger partial charge in [0.25, 0.3) is 5.91 Å². The van der Waals surface area contributed by atoms with E-state index in [0.717, 1.165) is 6.26 Å². The van der Waals surface area contributed by atoms with Crippen molar-refractivity contribution in [1.82, 2.24) is 0 Å². The Morgan fingerprint density at radius 3 is 1.97 bits per heavy atom. The van der Waals surface area contributed by atoms with Gasteiger partial charge in [0, 0.05) is 11.8 Å². The molecule has 0 aliphatic rings. The number of carbonyl (C=O) groups excluding carboxylic acids is 1. The molecule has 1 amide bonds. The highest BCUT2D eigenvalue weighted by atomic mass is 32.2. The predicted molar refractivity (Wildman–Crippen MR) is 107 cm³/mol. The number of carboxylic acid groups (broad SMARTS) is 1. The highest BCUT2D eigenvalue weighted by Gasteiger charge is 2.13. The lowest BCUT2D eigenvalue weighted by atomic mass is 10.1. The van der Waals surface area contributed by atoms with Crippen LogP contribution < -0.4 is 10.1 Å². The molecule has 0 radical (unpaired) electrons. The van der Waals surface area contributed by atoms with Gasteiger partial charge in [-0.05, 0) is 60.7 Å². The SMILES string of the molecule is CS(=O)(=O)c1ccc(Oc2ccc(C(=O)Nc3ccccc3C(=O)O)cc2)cc1. The van der Waals surface area contributed by atoms with Crippen molar-refractivity contribution in [2.45, 2.75) is 4.90 Å². The number of benzene rings is 3. The molecule has 0 saturated heterocycles. The molecular formula is C21H17NO6S. The lowest BCUT2D eigenvalue weighted by Gasteiger charge is -2.09. The van der Waals surface area contributed by atoms with Gasteiger partial charge in [-0.15, -0.1) is 0 Å². The zero-order chi connectivity index (χ0) is 21.0. The average molecular weight is 411 g/mol. The fourth-order valence-electron chi connectivity index (χ4n) is 2.54. The molecule has 148 valence electrons. The van der Waals surface area contributed by atoms with Gasteiger partial charge in [0.15, 0.2) is 9.84 Å². The summed E-state index contributed by atoms with van der Waals surface area (Å²) in [6.45, 7) is 0. The maximum atomic E-state index is 12.4. The van der Waals surface area contributed by atoms with E-state index < -0.39 is 21.7 Å². The minimum Gasteiger partial charge on any atom is -0.478 e. The van der Waals surface area contributed by atoms with Crippen molar-refractivity contribution in [3.05, 3.63) is 83.9 Å². The van der Waals surface area contributed by atoms with Crippen molar-refractivity contribution >= 4 is 27.4 Å². The van der Waals surface area contributed by atoms with Gasteiger partial charge in [0.2, 0.25) is 0 Å². The Balaban J connectivity index is 1.70. The van der Waals surface area contributed by atoms with Crippen LogP contribution in [0.2, 0.25) is 0 Å². The van der Waals surface area contributed by atoms with E-state index in [4.69, 9.17) is 4.74 Å². The fourth-order valence-corrected chi connectivity index (χ4v) is 3.17. The molecule has 0 atom stereocenters. The third-order valence-corrected chi connectivity index (χ3v) is 5.14. The number of para-hydroxylation sites is 1. The highest BCUT2D eigenvalue weighted by Crippen LogP contribution is 2.24. The number of ether oxygens (including phenoxy) is 1. The van der Waals surface area contributed by atoms with E-state index in [1.807, 2.05) is 0 Å². The number of anilines is 1. The van der Waals surface area contributed by atoms with Gasteiger partial charge in [0.1, 0.15) is 11.5 Å². The Kier molecular flexibility index (Phi) is 5.65. The maximum absolute atomic E-state index is 12.4. The summed E-state index contributed by atoms with van der Waals surface area (Å²) in [7, 11) is -3.28. The zero-order valence-corrected chi connectivity index (χ0v) is 16.1. The van der Waals surface area contributed by atoms with Crippen LogP contribution in [0.5, 0.6) is 11.5 Å². The molecule has 3 aromatic carbocycles. The van der Waals surface area contributed by atoms with Crippen LogP contribution in [-0.4, -0.2) is 31.7 Å². The van der Waals surface area contributed by atoms with Crippen molar-refractivity contribution < 1.29 is 27.9 Å².